The number of hydrogen-bond donors (Lipinski definition) is 2. The number of anilines is 1. The molecule has 7 nitrogen and oxygen atoms in total. The average molecular weight is 252 g/mol. The molecule has 0 spiro atoms. The van der Waals surface area contributed by atoms with Crippen LogP contribution in [0.15, 0.2) is 17.9 Å². The Morgan fingerprint density at radius 3 is 3.18 bits per heavy atom. The van der Waals surface area contributed by atoms with E-state index < -0.39 is 0 Å². The number of carbonyl (C=O) groups excluding carboxylic acids is 1. The third-order valence-electron chi connectivity index (χ3n) is 2.10. The number of urea groups is 1. The first-order valence-corrected chi connectivity index (χ1v) is 5.98. The summed E-state index contributed by atoms with van der Waals surface area (Å²) in [5.74, 6) is 0.724. The summed E-state index contributed by atoms with van der Waals surface area (Å²) in [4.78, 5) is 15.4. The van der Waals surface area contributed by atoms with Gasteiger partial charge in [-0.25, -0.2) is 9.78 Å². The molecule has 0 bridgehead atoms. The molecule has 0 aliphatic carbocycles. The third-order valence-corrected chi connectivity index (χ3v) is 2.78. The van der Waals surface area contributed by atoms with Crippen LogP contribution in [0.5, 0.6) is 0 Å². The molecule has 0 saturated heterocycles. The average Bonchev–Trinajstić information content (AvgIpc) is 2.96. The van der Waals surface area contributed by atoms with Crippen LogP contribution in [0.25, 0.3) is 0 Å². The van der Waals surface area contributed by atoms with Gasteiger partial charge in [-0.2, -0.15) is 0 Å². The van der Waals surface area contributed by atoms with Crippen molar-refractivity contribution in [3.63, 3.8) is 0 Å². The molecule has 2 rings (SSSR count). The zero-order valence-corrected chi connectivity index (χ0v) is 10.1. The van der Waals surface area contributed by atoms with Crippen LogP contribution in [0.4, 0.5) is 9.93 Å². The standard InChI is InChI=1S/C9H12N6OS/c1-2-15-6-12-14-7(15)5-11-8(16)13-9-10-3-4-17-9/h3-4,6H,2,5H2,1H3,(H2,10,11,13,16). The predicted molar refractivity (Wildman–Crippen MR) is 63.7 cm³/mol. The molecule has 0 unspecified atom stereocenters. The van der Waals surface area contributed by atoms with Gasteiger partial charge in [0.05, 0.1) is 6.54 Å². The van der Waals surface area contributed by atoms with Crippen LogP contribution in [-0.4, -0.2) is 25.8 Å². The van der Waals surface area contributed by atoms with E-state index in [9.17, 15) is 4.79 Å². The zero-order chi connectivity index (χ0) is 12.1. The quantitative estimate of drug-likeness (QED) is 0.852. The van der Waals surface area contributed by atoms with Crippen molar-refractivity contribution in [1.29, 1.82) is 0 Å². The molecule has 0 fully saturated rings. The lowest BCUT2D eigenvalue weighted by molar-refractivity contribution is 0.251. The molecule has 8 heteroatoms. The van der Waals surface area contributed by atoms with Crippen LogP contribution in [0.2, 0.25) is 0 Å². The van der Waals surface area contributed by atoms with Crippen molar-refractivity contribution in [2.75, 3.05) is 5.32 Å². The Morgan fingerprint density at radius 1 is 1.59 bits per heavy atom. The highest BCUT2D eigenvalue weighted by atomic mass is 32.1. The number of aryl methyl sites for hydroxylation is 1. The molecule has 2 N–H and O–H groups in total. The topological polar surface area (TPSA) is 84.7 Å². The summed E-state index contributed by atoms with van der Waals surface area (Å²) in [5.41, 5.74) is 0. The highest BCUT2D eigenvalue weighted by Crippen LogP contribution is 2.09. The van der Waals surface area contributed by atoms with Crippen molar-refractivity contribution in [3.8, 4) is 0 Å². The highest BCUT2D eigenvalue weighted by Gasteiger charge is 2.06. The van der Waals surface area contributed by atoms with E-state index in [0.29, 0.717) is 11.7 Å². The fourth-order valence-electron chi connectivity index (χ4n) is 1.27. The van der Waals surface area contributed by atoms with Gasteiger partial charge in [-0.05, 0) is 6.92 Å². The van der Waals surface area contributed by atoms with Crippen molar-refractivity contribution >= 4 is 22.5 Å². The van der Waals surface area contributed by atoms with Crippen LogP contribution in [0.3, 0.4) is 0 Å². The molecular weight excluding hydrogens is 240 g/mol. The second kappa shape index (κ2) is 5.39. The summed E-state index contributed by atoms with van der Waals surface area (Å²) in [6.45, 7) is 3.10. The Labute approximate surface area is 102 Å². The van der Waals surface area contributed by atoms with Gasteiger partial charge in [0.25, 0.3) is 0 Å². The lowest BCUT2D eigenvalue weighted by Crippen LogP contribution is -2.29. The van der Waals surface area contributed by atoms with Crippen molar-refractivity contribution in [3.05, 3.63) is 23.7 Å². The lowest BCUT2D eigenvalue weighted by atomic mass is 10.5. The maximum atomic E-state index is 11.5. The van der Waals surface area contributed by atoms with Gasteiger partial charge in [-0.3, -0.25) is 5.32 Å². The van der Waals surface area contributed by atoms with Gasteiger partial charge >= 0.3 is 6.03 Å². The van der Waals surface area contributed by atoms with Gasteiger partial charge in [-0.1, -0.05) is 0 Å². The summed E-state index contributed by atoms with van der Waals surface area (Å²) in [6, 6.07) is -0.300. The fourth-order valence-corrected chi connectivity index (χ4v) is 1.79. The van der Waals surface area contributed by atoms with Crippen molar-refractivity contribution in [2.45, 2.75) is 20.0 Å². The number of amides is 2. The Hall–Kier alpha value is -1.96. The number of thiazole rings is 1. The minimum atomic E-state index is -0.300. The first-order valence-electron chi connectivity index (χ1n) is 5.10. The van der Waals surface area contributed by atoms with E-state index in [2.05, 4.69) is 25.8 Å². The van der Waals surface area contributed by atoms with Gasteiger partial charge in [-0.15, -0.1) is 21.5 Å². The highest BCUT2D eigenvalue weighted by molar-refractivity contribution is 7.13. The van der Waals surface area contributed by atoms with E-state index in [1.807, 2.05) is 11.5 Å². The SMILES string of the molecule is CCn1cnnc1CNC(=O)Nc1nccs1. The Balaban J connectivity index is 1.84. The minimum absolute atomic E-state index is 0.300. The van der Waals surface area contributed by atoms with Crippen molar-refractivity contribution in [1.82, 2.24) is 25.1 Å². The molecule has 0 aliphatic heterocycles. The minimum Gasteiger partial charge on any atom is -0.331 e. The van der Waals surface area contributed by atoms with E-state index in [1.165, 1.54) is 11.3 Å². The number of carbonyl (C=O) groups is 1. The molecule has 2 amide bonds. The summed E-state index contributed by atoms with van der Waals surface area (Å²) < 4.78 is 1.86. The van der Waals surface area contributed by atoms with Crippen LogP contribution in [0, 0.1) is 0 Å². The van der Waals surface area contributed by atoms with E-state index in [4.69, 9.17) is 0 Å². The maximum Gasteiger partial charge on any atom is 0.321 e. The molecule has 2 heterocycles. The number of hydrogen-bond acceptors (Lipinski definition) is 5. The number of aromatic nitrogens is 4. The Bertz CT molecular complexity index is 479. The normalized spacial score (nSPS) is 10.2. The fraction of sp³-hybridized carbons (Fsp3) is 0.333. The molecule has 0 aromatic carbocycles. The lowest BCUT2D eigenvalue weighted by Gasteiger charge is -2.05. The van der Waals surface area contributed by atoms with E-state index >= 15 is 0 Å². The molecule has 0 atom stereocenters. The molecule has 0 aliphatic rings. The monoisotopic (exact) mass is 252 g/mol. The second-order valence-electron chi connectivity index (χ2n) is 3.18. The molecule has 90 valence electrons. The van der Waals surface area contributed by atoms with E-state index in [0.717, 1.165) is 12.4 Å². The van der Waals surface area contributed by atoms with Crippen LogP contribution in [0.1, 0.15) is 12.7 Å². The number of nitrogens with one attached hydrogen (secondary N) is 2. The number of rotatable bonds is 4. The van der Waals surface area contributed by atoms with E-state index in [1.54, 1.807) is 17.9 Å². The zero-order valence-electron chi connectivity index (χ0n) is 9.25. The first-order chi connectivity index (χ1) is 8.29. The molecular formula is C9H12N6OS. The number of nitrogens with zero attached hydrogens (tertiary/aromatic N) is 4. The van der Waals surface area contributed by atoms with Crippen LogP contribution < -0.4 is 10.6 Å². The van der Waals surface area contributed by atoms with Crippen LogP contribution in [-0.2, 0) is 13.1 Å². The second-order valence-corrected chi connectivity index (χ2v) is 4.07. The molecule has 2 aromatic rings. The maximum absolute atomic E-state index is 11.5. The Kier molecular flexibility index (Phi) is 3.66. The summed E-state index contributed by atoms with van der Waals surface area (Å²) in [7, 11) is 0. The van der Waals surface area contributed by atoms with Gasteiger partial charge in [0.15, 0.2) is 11.0 Å². The van der Waals surface area contributed by atoms with Gasteiger partial charge < -0.3 is 9.88 Å². The molecule has 0 radical (unpaired) electrons. The molecule has 0 saturated carbocycles. The summed E-state index contributed by atoms with van der Waals surface area (Å²) in [6.07, 6.45) is 3.27. The van der Waals surface area contributed by atoms with Gasteiger partial charge in [0, 0.05) is 18.1 Å². The molecule has 2 aromatic heterocycles. The largest absolute Gasteiger partial charge is 0.331 e. The smallest absolute Gasteiger partial charge is 0.321 e. The van der Waals surface area contributed by atoms with Crippen molar-refractivity contribution < 1.29 is 4.79 Å². The summed E-state index contributed by atoms with van der Waals surface area (Å²) >= 11 is 1.37. The van der Waals surface area contributed by atoms with Crippen LogP contribution >= 0.6 is 11.3 Å². The third kappa shape index (κ3) is 3.00. The summed E-state index contributed by atoms with van der Waals surface area (Å²) in [5, 5.41) is 15.4. The predicted octanol–water partition coefficient (Wildman–Crippen LogP) is 1.08. The van der Waals surface area contributed by atoms with Crippen molar-refractivity contribution in [2.24, 2.45) is 0 Å². The van der Waals surface area contributed by atoms with Gasteiger partial charge in [0.2, 0.25) is 0 Å². The van der Waals surface area contributed by atoms with E-state index in [-0.39, 0.29) is 6.03 Å². The van der Waals surface area contributed by atoms with Gasteiger partial charge in [0.1, 0.15) is 6.33 Å². The Morgan fingerprint density at radius 2 is 2.47 bits per heavy atom. The first kappa shape index (κ1) is 11.5. The molecule has 17 heavy (non-hydrogen) atoms.